The largest absolute Gasteiger partial charge is 0.459 e. The molecule has 2 saturated carbocycles. The van der Waals surface area contributed by atoms with Gasteiger partial charge in [-0.1, -0.05) is 20.4 Å². The molecule has 4 atom stereocenters. The highest BCUT2D eigenvalue weighted by atomic mass is 16.6. The summed E-state index contributed by atoms with van der Waals surface area (Å²) in [4.78, 5) is 24.4. The summed E-state index contributed by atoms with van der Waals surface area (Å²) >= 11 is 0. The average Bonchev–Trinajstić information content (AvgIpc) is 2.93. The molecule has 0 spiro atoms. The lowest BCUT2D eigenvalue weighted by atomic mass is 9.94. The minimum absolute atomic E-state index is 0.0917. The SMILES string of the molecule is C=C(CC(=O)OC1(C)CCCC1C)C(=O)OC1(C)CCCC1C. The third-order valence-corrected chi connectivity index (χ3v) is 6.02. The van der Waals surface area contributed by atoms with Gasteiger partial charge in [-0.3, -0.25) is 4.79 Å². The van der Waals surface area contributed by atoms with Crippen LogP contribution in [0.15, 0.2) is 12.2 Å². The molecule has 4 nitrogen and oxygen atoms in total. The van der Waals surface area contributed by atoms with Crippen molar-refractivity contribution in [3.8, 4) is 0 Å². The first-order valence-electron chi connectivity index (χ1n) is 8.79. The molecule has 23 heavy (non-hydrogen) atoms. The van der Waals surface area contributed by atoms with Crippen molar-refractivity contribution in [2.24, 2.45) is 11.8 Å². The minimum atomic E-state index is -0.470. The second-order valence-corrected chi connectivity index (χ2v) is 7.86. The van der Waals surface area contributed by atoms with Gasteiger partial charge in [-0.25, -0.2) is 4.79 Å². The fourth-order valence-corrected chi connectivity index (χ4v) is 3.75. The van der Waals surface area contributed by atoms with Crippen LogP contribution in [0.5, 0.6) is 0 Å². The number of hydrogen-bond acceptors (Lipinski definition) is 4. The van der Waals surface area contributed by atoms with E-state index in [1.54, 1.807) is 0 Å². The van der Waals surface area contributed by atoms with Crippen LogP contribution in [0, 0.1) is 11.8 Å². The molecule has 2 fully saturated rings. The van der Waals surface area contributed by atoms with Crippen molar-refractivity contribution in [2.45, 2.75) is 83.8 Å². The van der Waals surface area contributed by atoms with Gasteiger partial charge in [0.1, 0.15) is 11.2 Å². The van der Waals surface area contributed by atoms with E-state index in [0.717, 1.165) is 38.5 Å². The van der Waals surface area contributed by atoms with E-state index in [2.05, 4.69) is 20.4 Å². The molecule has 2 rings (SSSR count). The fourth-order valence-electron chi connectivity index (χ4n) is 3.75. The lowest BCUT2D eigenvalue weighted by molar-refractivity contribution is -0.164. The molecule has 2 aliphatic carbocycles. The van der Waals surface area contributed by atoms with Crippen LogP contribution in [0.4, 0.5) is 0 Å². The molecule has 130 valence electrons. The zero-order valence-corrected chi connectivity index (χ0v) is 14.9. The van der Waals surface area contributed by atoms with Crippen molar-refractivity contribution < 1.29 is 19.1 Å². The topological polar surface area (TPSA) is 52.6 Å². The van der Waals surface area contributed by atoms with E-state index in [0.29, 0.717) is 11.8 Å². The molecular weight excluding hydrogens is 292 g/mol. The van der Waals surface area contributed by atoms with Crippen molar-refractivity contribution in [1.82, 2.24) is 0 Å². The Kier molecular flexibility index (Phi) is 5.22. The Morgan fingerprint density at radius 3 is 1.91 bits per heavy atom. The van der Waals surface area contributed by atoms with Gasteiger partial charge in [0, 0.05) is 5.57 Å². The van der Waals surface area contributed by atoms with Crippen molar-refractivity contribution in [1.29, 1.82) is 0 Å². The first-order valence-corrected chi connectivity index (χ1v) is 8.79. The molecule has 4 heteroatoms. The Morgan fingerprint density at radius 2 is 1.48 bits per heavy atom. The molecule has 0 heterocycles. The molecular formula is C19H30O4. The molecule has 0 bridgehead atoms. The van der Waals surface area contributed by atoms with Gasteiger partial charge in [-0.05, 0) is 64.2 Å². The van der Waals surface area contributed by atoms with Gasteiger partial charge >= 0.3 is 11.9 Å². The summed E-state index contributed by atoms with van der Waals surface area (Å²) in [7, 11) is 0. The number of esters is 2. The Bertz CT molecular complexity index is 498. The molecule has 0 aromatic heterocycles. The predicted octanol–water partition coefficient (Wildman–Crippen LogP) is 4.18. The van der Waals surface area contributed by atoms with E-state index in [9.17, 15) is 9.59 Å². The predicted molar refractivity (Wildman–Crippen MR) is 88.8 cm³/mol. The molecule has 0 aliphatic heterocycles. The van der Waals surface area contributed by atoms with E-state index in [-0.39, 0.29) is 18.0 Å². The summed E-state index contributed by atoms with van der Waals surface area (Å²) in [5, 5.41) is 0. The van der Waals surface area contributed by atoms with Gasteiger partial charge in [-0.2, -0.15) is 0 Å². The Balaban J connectivity index is 1.86. The van der Waals surface area contributed by atoms with Crippen molar-refractivity contribution in [3.05, 3.63) is 12.2 Å². The zero-order valence-electron chi connectivity index (χ0n) is 14.9. The summed E-state index contributed by atoms with van der Waals surface area (Å²) in [5.41, 5.74) is -0.659. The molecule has 0 radical (unpaired) electrons. The van der Waals surface area contributed by atoms with Crippen LogP contribution in [0.3, 0.4) is 0 Å². The summed E-state index contributed by atoms with van der Waals surface area (Å²) in [6.07, 6.45) is 5.93. The lowest BCUT2D eigenvalue weighted by Crippen LogP contribution is -2.36. The number of ether oxygens (including phenoxy) is 2. The highest BCUT2D eigenvalue weighted by Gasteiger charge is 2.41. The van der Waals surface area contributed by atoms with Crippen LogP contribution in [0.1, 0.15) is 72.6 Å². The maximum absolute atomic E-state index is 12.2. The van der Waals surface area contributed by atoms with Gasteiger partial charge < -0.3 is 9.47 Å². The van der Waals surface area contributed by atoms with Gasteiger partial charge in [0.05, 0.1) is 6.42 Å². The van der Waals surface area contributed by atoms with Crippen molar-refractivity contribution in [3.63, 3.8) is 0 Å². The molecule has 0 aromatic rings. The van der Waals surface area contributed by atoms with E-state index < -0.39 is 17.2 Å². The van der Waals surface area contributed by atoms with Gasteiger partial charge in [0.15, 0.2) is 0 Å². The number of carbonyl (C=O) groups is 2. The monoisotopic (exact) mass is 322 g/mol. The number of hydrogen-bond donors (Lipinski definition) is 0. The Labute approximate surface area is 139 Å². The molecule has 4 unspecified atom stereocenters. The van der Waals surface area contributed by atoms with E-state index in [1.165, 1.54) is 0 Å². The summed E-state index contributed by atoms with van der Waals surface area (Å²) in [6.45, 7) is 11.9. The second-order valence-electron chi connectivity index (χ2n) is 7.86. The van der Waals surface area contributed by atoms with Crippen LogP contribution in [-0.4, -0.2) is 23.1 Å². The van der Waals surface area contributed by atoms with Crippen LogP contribution < -0.4 is 0 Å². The van der Waals surface area contributed by atoms with E-state index >= 15 is 0 Å². The fraction of sp³-hybridized carbons (Fsp3) is 0.789. The molecule has 2 aliphatic rings. The highest BCUT2D eigenvalue weighted by molar-refractivity contribution is 5.93. The average molecular weight is 322 g/mol. The third kappa shape index (κ3) is 3.96. The Hall–Kier alpha value is -1.32. The quantitative estimate of drug-likeness (QED) is 0.563. The van der Waals surface area contributed by atoms with Crippen LogP contribution in [0.2, 0.25) is 0 Å². The summed E-state index contributed by atoms with van der Waals surface area (Å²) in [6, 6.07) is 0. The van der Waals surface area contributed by atoms with Crippen molar-refractivity contribution in [2.75, 3.05) is 0 Å². The number of rotatable bonds is 5. The van der Waals surface area contributed by atoms with Crippen LogP contribution >= 0.6 is 0 Å². The van der Waals surface area contributed by atoms with E-state index in [1.807, 2.05) is 13.8 Å². The first-order chi connectivity index (χ1) is 10.7. The second kappa shape index (κ2) is 6.66. The van der Waals surface area contributed by atoms with Crippen LogP contribution in [-0.2, 0) is 19.1 Å². The van der Waals surface area contributed by atoms with Crippen LogP contribution in [0.25, 0.3) is 0 Å². The third-order valence-electron chi connectivity index (χ3n) is 6.02. The van der Waals surface area contributed by atoms with Gasteiger partial charge in [-0.15, -0.1) is 0 Å². The molecule has 0 N–H and O–H groups in total. The number of carbonyl (C=O) groups excluding carboxylic acids is 2. The summed E-state index contributed by atoms with van der Waals surface area (Å²) in [5.74, 6) is -0.162. The van der Waals surface area contributed by atoms with Gasteiger partial charge in [0.25, 0.3) is 0 Å². The zero-order chi connectivity index (χ0) is 17.3. The maximum atomic E-state index is 12.2. The highest BCUT2D eigenvalue weighted by Crippen LogP contribution is 2.40. The van der Waals surface area contributed by atoms with Gasteiger partial charge in [0.2, 0.25) is 0 Å². The normalized spacial score (nSPS) is 36.7. The van der Waals surface area contributed by atoms with E-state index in [4.69, 9.17) is 9.47 Å². The first kappa shape index (κ1) is 18.0. The van der Waals surface area contributed by atoms with Crippen molar-refractivity contribution >= 4 is 11.9 Å². The molecule has 0 aromatic carbocycles. The maximum Gasteiger partial charge on any atom is 0.334 e. The Morgan fingerprint density at radius 1 is 1.00 bits per heavy atom. The summed E-state index contributed by atoms with van der Waals surface area (Å²) < 4.78 is 11.3. The smallest absolute Gasteiger partial charge is 0.334 e. The molecule has 0 amide bonds. The molecule has 0 saturated heterocycles. The standard InChI is InChI=1S/C19H30O4/c1-13(17(21)23-19(5)11-7-9-15(19)3)12-16(20)22-18(4)10-6-8-14(18)2/h14-15H,1,6-12H2,2-5H3. The minimum Gasteiger partial charge on any atom is -0.459 e. The lowest BCUT2D eigenvalue weighted by Gasteiger charge is -2.30.